The second-order valence-electron chi connectivity index (χ2n) is 5.43. The van der Waals surface area contributed by atoms with Gasteiger partial charge in [-0.15, -0.1) is 0 Å². The minimum atomic E-state index is 0.290. The minimum absolute atomic E-state index is 0.290. The van der Waals surface area contributed by atoms with Crippen LogP contribution in [-0.4, -0.2) is 18.6 Å². The highest BCUT2D eigenvalue weighted by Gasteiger charge is 2.39. The summed E-state index contributed by atoms with van der Waals surface area (Å²) in [6.07, 6.45) is 10.2. The Morgan fingerprint density at radius 2 is 2.33 bits per heavy atom. The molecule has 86 valence electrons. The zero-order valence-electron chi connectivity index (χ0n) is 9.89. The summed E-state index contributed by atoms with van der Waals surface area (Å²) in [6.45, 7) is 4.24. The van der Waals surface area contributed by atoms with Crippen molar-refractivity contribution in [1.29, 1.82) is 0 Å². The Labute approximate surface area is 93.3 Å². The lowest BCUT2D eigenvalue weighted by Crippen LogP contribution is -2.59. The van der Waals surface area contributed by atoms with Crippen molar-refractivity contribution < 1.29 is 0 Å². The number of hydrogen-bond donors (Lipinski definition) is 2. The first-order valence-electron chi connectivity index (χ1n) is 6.37. The molecule has 2 aliphatic carbocycles. The summed E-state index contributed by atoms with van der Waals surface area (Å²) in [6, 6.07) is 0. The van der Waals surface area contributed by atoms with Crippen LogP contribution in [0.15, 0.2) is 11.6 Å². The highest BCUT2D eigenvalue weighted by Crippen LogP contribution is 2.36. The lowest BCUT2D eigenvalue weighted by molar-refractivity contribution is 0.125. The zero-order valence-corrected chi connectivity index (χ0v) is 9.89. The molecule has 0 saturated heterocycles. The number of hydrogen-bond acceptors (Lipinski definition) is 2. The smallest absolute Gasteiger partial charge is 0.0309 e. The van der Waals surface area contributed by atoms with Gasteiger partial charge in [0.05, 0.1) is 0 Å². The summed E-state index contributed by atoms with van der Waals surface area (Å²) in [7, 11) is 0. The third-order valence-corrected chi connectivity index (χ3v) is 3.95. The van der Waals surface area contributed by atoms with Crippen LogP contribution in [0, 0.1) is 5.92 Å². The molecule has 0 amide bonds. The topological polar surface area (TPSA) is 38.0 Å². The second-order valence-corrected chi connectivity index (χ2v) is 5.43. The van der Waals surface area contributed by atoms with Crippen LogP contribution in [0.2, 0.25) is 0 Å². The summed E-state index contributed by atoms with van der Waals surface area (Å²) in [4.78, 5) is 0. The third kappa shape index (κ3) is 2.61. The van der Waals surface area contributed by atoms with Gasteiger partial charge in [0.2, 0.25) is 0 Å². The van der Waals surface area contributed by atoms with E-state index in [2.05, 4.69) is 18.3 Å². The van der Waals surface area contributed by atoms with Crippen LogP contribution in [-0.2, 0) is 0 Å². The van der Waals surface area contributed by atoms with Gasteiger partial charge in [0.25, 0.3) is 0 Å². The molecule has 0 aromatic heterocycles. The van der Waals surface area contributed by atoms with Gasteiger partial charge in [0, 0.05) is 12.1 Å². The lowest BCUT2D eigenvalue weighted by Gasteiger charge is -2.46. The van der Waals surface area contributed by atoms with Crippen LogP contribution in [0.4, 0.5) is 0 Å². The molecule has 0 spiro atoms. The summed E-state index contributed by atoms with van der Waals surface area (Å²) >= 11 is 0. The van der Waals surface area contributed by atoms with Gasteiger partial charge in [0.1, 0.15) is 0 Å². The van der Waals surface area contributed by atoms with Gasteiger partial charge >= 0.3 is 0 Å². The molecule has 0 bridgehead atoms. The van der Waals surface area contributed by atoms with Gasteiger partial charge in [-0.05, 0) is 51.0 Å². The van der Waals surface area contributed by atoms with Gasteiger partial charge in [-0.3, -0.25) is 0 Å². The molecule has 2 aliphatic rings. The van der Waals surface area contributed by atoms with Crippen molar-refractivity contribution >= 4 is 0 Å². The van der Waals surface area contributed by atoms with E-state index in [1.165, 1.54) is 38.5 Å². The molecule has 0 heterocycles. The van der Waals surface area contributed by atoms with E-state index in [4.69, 9.17) is 5.73 Å². The first kappa shape index (κ1) is 11.2. The molecule has 0 aromatic rings. The van der Waals surface area contributed by atoms with E-state index in [9.17, 15) is 0 Å². The Hall–Kier alpha value is -0.340. The average molecular weight is 208 g/mol. The number of nitrogens with one attached hydrogen (secondary N) is 1. The molecule has 2 rings (SSSR count). The minimum Gasteiger partial charge on any atom is -0.329 e. The van der Waals surface area contributed by atoms with E-state index in [0.29, 0.717) is 5.54 Å². The monoisotopic (exact) mass is 208 g/mol. The maximum Gasteiger partial charge on any atom is 0.0309 e. The molecule has 1 saturated carbocycles. The predicted molar refractivity (Wildman–Crippen MR) is 64.7 cm³/mol. The SMILES string of the molecule is CC1CC(CN)(NCCC2=CCCC2)C1. The molecule has 3 N–H and O–H groups in total. The largest absolute Gasteiger partial charge is 0.329 e. The Balaban J connectivity index is 1.68. The molecule has 2 nitrogen and oxygen atoms in total. The van der Waals surface area contributed by atoms with Crippen LogP contribution in [0.5, 0.6) is 0 Å². The van der Waals surface area contributed by atoms with Gasteiger partial charge in [-0.1, -0.05) is 18.6 Å². The fourth-order valence-electron chi connectivity index (χ4n) is 3.11. The molecule has 1 fully saturated rings. The molecule has 0 atom stereocenters. The highest BCUT2D eigenvalue weighted by molar-refractivity contribution is 5.08. The summed E-state index contributed by atoms with van der Waals surface area (Å²) in [5.41, 5.74) is 7.79. The van der Waals surface area contributed by atoms with E-state index >= 15 is 0 Å². The van der Waals surface area contributed by atoms with Gasteiger partial charge in [0.15, 0.2) is 0 Å². The van der Waals surface area contributed by atoms with Crippen LogP contribution < -0.4 is 11.1 Å². The standard InChI is InChI=1S/C13H24N2/c1-11-8-13(9-11,10-14)15-7-6-12-4-2-3-5-12/h4,11,15H,2-3,5-10,14H2,1H3. The van der Waals surface area contributed by atoms with E-state index in [0.717, 1.165) is 19.0 Å². The molecule has 0 radical (unpaired) electrons. The summed E-state index contributed by atoms with van der Waals surface area (Å²) < 4.78 is 0. The quantitative estimate of drug-likeness (QED) is 0.680. The molecular weight excluding hydrogens is 184 g/mol. The van der Waals surface area contributed by atoms with Gasteiger partial charge in [-0.2, -0.15) is 0 Å². The first-order valence-corrected chi connectivity index (χ1v) is 6.37. The number of nitrogens with two attached hydrogens (primary N) is 1. The summed E-state index contributed by atoms with van der Waals surface area (Å²) in [5.74, 6) is 0.867. The second kappa shape index (κ2) is 4.67. The molecule has 0 aromatic carbocycles. The first-order chi connectivity index (χ1) is 7.24. The van der Waals surface area contributed by atoms with Crippen molar-refractivity contribution in [1.82, 2.24) is 5.32 Å². The number of rotatable bonds is 5. The van der Waals surface area contributed by atoms with Crippen molar-refractivity contribution in [3.8, 4) is 0 Å². The van der Waals surface area contributed by atoms with E-state index in [1.807, 2.05) is 0 Å². The van der Waals surface area contributed by atoms with Crippen molar-refractivity contribution in [3.63, 3.8) is 0 Å². The van der Waals surface area contributed by atoms with E-state index < -0.39 is 0 Å². The lowest BCUT2D eigenvalue weighted by atomic mass is 9.69. The fourth-order valence-corrected chi connectivity index (χ4v) is 3.11. The third-order valence-electron chi connectivity index (χ3n) is 3.95. The van der Waals surface area contributed by atoms with Crippen molar-refractivity contribution in [2.75, 3.05) is 13.1 Å². The molecule has 0 unspecified atom stereocenters. The van der Waals surface area contributed by atoms with Gasteiger partial charge in [-0.25, -0.2) is 0 Å². The predicted octanol–water partition coefficient (Wildman–Crippen LogP) is 2.20. The number of allylic oxidation sites excluding steroid dienone is 1. The molecular formula is C13H24N2. The Bertz CT molecular complexity index is 239. The molecule has 15 heavy (non-hydrogen) atoms. The normalized spacial score (nSPS) is 35.1. The maximum absolute atomic E-state index is 5.85. The van der Waals surface area contributed by atoms with E-state index in [1.54, 1.807) is 5.57 Å². The van der Waals surface area contributed by atoms with Crippen molar-refractivity contribution in [2.24, 2.45) is 11.7 Å². The Morgan fingerprint density at radius 1 is 1.53 bits per heavy atom. The van der Waals surface area contributed by atoms with E-state index in [-0.39, 0.29) is 0 Å². The van der Waals surface area contributed by atoms with Crippen LogP contribution >= 0.6 is 0 Å². The molecule has 2 heteroatoms. The van der Waals surface area contributed by atoms with Crippen LogP contribution in [0.1, 0.15) is 45.4 Å². The fraction of sp³-hybridized carbons (Fsp3) is 0.846. The van der Waals surface area contributed by atoms with Crippen LogP contribution in [0.25, 0.3) is 0 Å². The van der Waals surface area contributed by atoms with Crippen molar-refractivity contribution in [3.05, 3.63) is 11.6 Å². The summed E-state index contributed by atoms with van der Waals surface area (Å²) in [5, 5.41) is 3.67. The highest BCUT2D eigenvalue weighted by atomic mass is 15.0. The molecule has 0 aliphatic heterocycles. The maximum atomic E-state index is 5.85. The zero-order chi connectivity index (χ0) is 10.7. The Morgan fingerprint density at radius 3 is 2.87 bits per heavy atom. The van der Waals surface area contributed by atoms with Crippen molar-refractivity contribution in [2.45, 2.75) is 51.0 Å². The van der Waals surface area contributed by atoms with Crippen LogP contribution in [0.3, 0.4) is 0 Å². The average Bonchev–Trinajstić information content (AvgIpc) is 2.67. The Kier molecular flexibility index (Phi) is 3.47. The van der Waals surface area contributed by atoms with Gasteiger partial charge < -0.3 is 11.1 Å².